The van der Waals surface area contributed by atoms with Crippen LogP contribution in [0.1, 0.15) is 37.4 Å². The molecule has 1 heterocycles. The summed E-state index contributed by atoms with van der Waals surface area (Å²) in [6.07, 6.45) is 6.37. The highest BCUT2D eigenvalue weighted by Gasteiger charge is 2.20. The maximum absolute atomic E-state index is 14.3. The minimum atomic E-state index is -0.132. The Balaban J connectivity index is 1.83. The van der Waals surface area contributed by atoms with Crippen LogP contribution in [-0.2, 0) is 20.0 Å². The fourth-order valence-corrected chi connectivity index (χ4v) is 2.60. The Morgan fingerprint density at radius 3 is 2.86 bits per heavy atom. The van der Waals surface area contributed by atoms with E-state index in [1.165, 1.54) is 12.8 Å². The van der Waals surface area contributed by atoms with Crippen LogP contribution in [0, 0.1) is 5.82 Å². The number of hydrogen-bond donors (Lipinski definition) is 1. The van der Waals surface area contributed by atoms with Crippen LogP contribution in [-0.4, -0.2) is 15.8 Å². The fourth-order valence-electron chi connectivity index (χ4n) is 2.60. The van der Waals surface area contributed by atoms with Gasteiger partial charge in [0.1, 0.15) is 5.82 Å². The van der Waals surface area contributed by atoms with E-state index in [9.17, 15) is 4.39 Å². The fraction of sp³-hybridized carbons (Fsp3) is 0.471. The molecule has 4 heteroatoms. The summed E-state index contributed by atoms with van der Waals surface area (Å²) in [7, 11) is 1.91. The predicted molar refractivity (Wildman–Crippen MR) is 82.5 cm³/mol. The van der Waals surface area contributed by atoms with Gasteiger partial charge in [-0.25, -0.2) is 4.39 Å². The summed E-state index contributed by atoms with van der Waals surface area (Å²) in [6, 6.07) is 6.13. The maximum atomic E-state index is 14.3. The smallest absolute Gasteiger partial charge is 0.128 e. The largest absolute Gasteiger partial charge is 0.310 e. The third-order valence-electron chi connectivity index (χ3n) is 3.91. The second kappa shape index (κ2) is 5.98. The topological polar surface area (TPSA) is 29.9 Å². The third kappa shape index (κ3) is 3.32. The second-order valence-corrected chi connectivity index (χ2v) is 5.87. The predicted octanol–water partition coefficient (Wildman–Crippen LogP) is 3.43. The van der Waals surface area contributed by atoms with Crippen molar-refractivity contribution in [3.63, 3.8) is 0 Å². The standard InChI is InChI=1S/C17H22FN3/c1-3-4-17-15(11-21(2)20-17)12-5-6-13(16(18)9-12)10-19-14-7-8-14/h5-6,9,11,14,19H,3-4,7-8,10H2,1-2H3. The molecular formula is C17H22FN3. The molecule has 0 unspecified atom stereocenters. The summed E-state index contributed by atoms with van der Waals surface area (Å²) in [6.45, 7) is 2.75. The van der Waals surface area contributed by atoms with Gasteiger partial charge in [0.15, 0.2) is 0 Å². The van der Waals surface area contributed by atoms with E-state index < -0.39 is 0 Å². The summed E-state index contributed by atoms with van der Waals surface area (Å²) in [5.74, 6) is -0.132. The van der Waals surface area contributed by atoms with Crippen LogP contribution in [0.5, 0.6) is 0 Å². The van der Waals surface area contributed by atoms with E-state index >= 15 is 0 Å². The van der Waals surface area contributed by atoms with Crippen LogP contribution in [0.15, 0.2) is 24.4 Å². The van der Waals surface area contributed by atoms with Crippen LogP contribution in [0.4, 0.5) is 4.39 Å². The summed E-state index contributed by atoms with van der Waals surface area (Å²) in [5.41, 5.74) is 3.74. The number of rotatable bonds is 6. The van der Waals surface area contributed by atoms with Gasteiger partial charge in [-0.15, -0.1) is 0 Å². The van der Waals surface area contributed by atoms with Gasteiger partial charge in [-0.2, -0.15) is 5.10 Å². The molecule has 21 heavy (non-hydrogen) atoms. The van der Waals surface area contributed by atoms with Gasteiger partial charge in [0.05, 0.1) is 5.69 Å². The monoisotopic (exact) mass is 287 g/mol. The van der Waals surface area contributed by atoms with Gasteiger partial charge in [-0.1, -0.05) is 25.5 Å². The molecule has 3 rings (SSSR count). The first-order valence-corrected chi connectivity index (χ1v) is 7.72. The molecule has 0 atom stereocenters. The van der Waals surface area contributed by atoms with E-state index in [4.69, 9.17) is 0 Å². The van der Waals surface area contributed by atoms with E-state index in [0.717, 1.165) is 35.2 Å². The molecule has 0 amide bonds. The third-order valence-corrected chi connectivity index (χ3v) is 3.91. The first-order valence-electron chi connectivity index (χ1n) is 7.72. The zero-order valence-electron chi connectivity index (χ0n) is 12.7. The SMILES string of the molecule is CCCc1nn(C)cc1-c1ccc(CNC2CC2)c(F)c1. The van der Waals surface area contributed by atoms with Crippen molar-refractivity contribution < 1.29 is 4.39 Å². The molecule has 1 fully saturated rings. The number of benzene rings is 1. The van der Waals surface area contributed by atoms with Crippen molar-refractivity contribution in [3.8, 4) is 11.1 Å². The number of halogens is 1. The first-order chi connectivity index (χ1) is 10.2. The van der Waals surface area contributed by atoms with Gasteiger partial charge >= 0.3 is 0 Å². The zero-order chi connectivity index (χ0) is 14.8. The lowest BCUT2D eigenvalue weighted by molar-refractivity contribution is 0.587. The van der Waals surface area contributed by atoms with Crippen LogP contribution >= 0.6 is 0 Å². The Hall–Kier alpha value is -1.68. The highest BCUT2D eigenvalue weighted by Crippen LogP contribution is 2.26. The summed E-state index contributed by atoms with van der Waals surface area (Å²) >= 11 is 0. The minimum Gasteiger partial charge on any atom is -0.310 e. The highest BCUT2D eigenvalue weighted by atomic mass is 19.1. The van der Waals surface area contributed by atoms with Crippen molar-refractivity contribution >= 4 is 0 Å². The maximum Gasteiger partial charge on any atom is 0.128 e. The lowest BCUT2D eigenvalue weighted by Gasteiger charge is -2.07. The van der Waals surface area contributed by atoms with Gasteiger partial charge in [-0.3, -0.25) is 4.68 Å². The molecule has 0 spiro atoms. The van der Waals surface area contributed by atoms with Crippen molar-refractivity contribution in [2.24, 2.45) is 7.05 Å². The van der Waals surface area contributed by atoms with Gasteiger partial charge in [-0.05, 0) is 30.9 Å². The van der Waals surface area contributed by atoms with Gasteiger partial charge in [0.2, 0.25) is 0 Å². The van der Waals surface area contributed by atoms with Crippen molar-refractivity contribution in [1.82, 2.24) is 15.1 Å². The molecule has 1 saturated carbocycles. The van der Waals surface area contributed by atoms with Crippen molar-refractivity contribution in [1.29, 1.82) is 0 Å². The van der Waals surface area contributed by atoms with Crippen LogP contribution in [0.2, 0.25) is 0 Å². The molecule has 1 aliphatic carbocycles. The quantitative estimate of drug-likeness (QED) is 0.882. The van der Waals surface area contributed by atoms with E-state index in [1.807, 2.05) is 25.4 Å². The van der Waals surface area contributed by atoms with E-state index in [-0.39, 0.29) is 5.82 Å². The van der Waals surface area contributed by atoms with E-state index in [1.54, 1.807) is 10.7 Å². The highest BCUT2D eigenvalue weighted by molar-refractivity contribution is 5.65. The summed E-state index contributed by atoms with van der Waals surface area (Å²) in [4.78, 5) is 0. The number of aryl methyl sites for hydroxylation is 2. The molecule has 112 valence electrons. The molecule has 0 saturated heterocycles. The van der Waals surface area contributed by atoms with Gasteiger partial charge < -0.3 is 5.32 Å². The summed E-state index contributed by atoms with van der Waals surface area (Å²) < 4.78 is 16.1. The molecule has 0 aliphatic heterocycles. The van der Waals surface area contributed by atoms with Crippen LogP contribution < -0.4 is 5.32 Å². The Labute approximate surface area is 125 Å². The lowest BCUT2D eigenvalue weighted by Crippen LogP contribution is -2.16. The van der Waals surface area contributed by atoms with E-state index in [0.29, 0.717) is 12.6 Å². The minimum absolute atomic E-state index is 0.132. The number of nitrogens with one attached hydrogen (secondary N) is 1. The molecule has 1 aliphatic rings. The van der Waals surface area contributed by atoms with Crippen molar-refractivity contribution in [2.75, 3.05) is 0 Å². The number of aromatic nitrogens is 2. The van der Waals surface area contributed by atoms with Crippen molar-refractivity contribution in [2.45, 2.75) is 45.2 Å². The average molecular weight is 287 g/mol. The Kier molecular flexibility index (Phi) is 4.06. The van der Waals surface area contributed by atoms with Gasteiger partial charge in [0.25, 0.3) is 0 Å². The molecule has 2 aromatic rings. The lowest BCUT2D eigenvalue weighted by atomic mass is 10.0. The molecule has 3 nitrogen and oxygen atoms in total. The summed E-state index contributed by atoms with van der Waals surface area (Å²) in [5, 5.41) is 7.83. The Morgan fingerprint density at radius 1 is 1.38 bits per heavy atom. The van der Waals surface area contributed by atoms with E-state index in [2.05, 4.69) is 17.3 Å². The van der Waals surface area contributed by atoms with Crippen LogP contribution in [0.25, 0.3) is 11.1 Å². The molecule has 0 bridgehead atoms. The molecular weight excluding hydrogens is 265 g/mol. The van der Waals surface area contributed by atoms with Gasteiger partial charge in [0, 0.05) is 37.0 Å². The first kappa shape index (κ1) is 14.3. The normalized spacial score (nSPS) is 14.6. The molecule has 1 aromatic carbocycles. The molecule has 1 aromatic heterocycles. The Bertz CT molecular complexity index is 629. The number of hydrogen-bond acceptors (Lipinski definition) is 2. The molecule has 1 N–H and O–H groups in total. The van der Waals surface area contributed by atoms with Crippen LogP contribution in [0.3, 0.4) is 0 Å². The molecule has 0 radical (unpaired) electrons. The van der Waals surface area contributed by atoms with Crippen molar-refractivity contribution in [3.05, 3.63) is 41.5 Å². The number of nitrogens with zero attached hydrogens (tertiary/aromatic N) is 2. The zero-order valence-corrected chi connectivity index (χ0v) is 12.7. The second-order valence-electron chi connectivity index (χ2n) is 5.87. The Morgan fingerprint density at radius 2 is 2.19 bits per heavy atom. The average Bonchev–Trinajstić information content (AvgIpc) is 3.21.